The summed E-state index contributed by atoms with van der Waals surface area (Å²) in [4.78, 5) is 64.0. The number of hydrogen-bond donors (Lipinski definition) is 24. The molecule has 630 valence electrons. The lowest BCUT2D eigenvalue weighted by molar-refractivity contribution is 0.401. The molecule has 6 aliphatic rings. The monoisotopic (exact) mass is 1620 g/mol. The number of aromatic hydroxyl groups is 12. The van der Waals surface area contributed by atoms with Crippen LogP contribution in [0.15, 0.2) is 169 Å². The average Bonchev–Trinajstić information content (AvgIpc) is 0.798. The lowest BCUT2D eigenvalue weighted by Crippen LogP contribution is -2.61. The minimum absolute atomic E-state index is 0.0342. The van der Waals surface area contributed by atoms with Gasteiger partial charge in [-0.25, -0.2) is 49.9 Å². The summed E-state index contributed by atoms with van der Waals surface area (Å²) in [5, 5.41) is 139. The molecule has 6 aliphatic heterocycles. The van der Waals surface area contributed by atoms with Crippen LogP contribution in [0, 0.1) is 0 Å². The van der Waals surface area contributed by atoms with Crippen LogP contribution in [0.25, 0.3) is 0 Å². The van der Waals surface area contributed by atoms with Gasteiger partial charge in [0.25, 0.3) is 0 Å². The first-order valence-electron chi connectivity index (χ1n) is 36.1. The quantitative estimate of drug-likeness (QED) is 0.0856. The standard InChI is InChI=1S/C14H21N5O2.C13H19N5O2.C12H18N6O2.2C12H17N5O2.C11H15N5O2/c1-9-15-13(17(2)3)19(5)14(16-9)18(4)10-6-7-11(20)12(21)8-10;1-8-14-12(17(2)3)16-13(15-8)18(4)9-5-6-10(19)11(20)7-9;1-14-11-15-10(13)16-12(17-11)18(2)6-7-3-4-8(19)9(20)5-7;1-7-14-11(13)16-12(15-7)17(2)6-8-3-4-9(18)10(19)5-8;1-7-15-11(13-2)17-12(16-7)14-6-8-3-4-9(18)10(19)5-8;1-6-14-10(12)16-11(15-6)13-5-7-2-3-8(17)9(18)4-7/h6-9,20-21H,1-5H3;5-8,19-20H,1-4H3,(H,14,15,16);3-5,10,19-20H,6,13H2,1-2H3,(H2,14,15,16,17);3-5,7,18-19H,6H2,1-2H3,(H3,13,14,15,16);3-5,7,18-19H,6H2,1-2H3,(H3,13,14,15,16,17);2-4,6,17-18H,5H2,1H3,(H4,12,13,14,15,16). The third-order valence-electron chi connectivity index (χ3n) is 16.7. The van der Waals surface area contributed by atoms with Gasteiger partial charge in [-0.3, -0.25) is 47.2 Å². The summed E-state index contributed by atoms with van der Waals surface area (Å²) in [6.45, 7) is 11.2. The number of aliphatic imine (C=N–C) groups is 12. The van der Waals surface area contributed by atoms with E-state index in [0.29, 0.717) is 91.5 Å². The molecule has 12 rings (SSSR count). The largest absolute Gasteiger partial charge is 0.504 e. The number of nitrogens with two attached hydrogens (primary N) is 3. The summed E-state index contributed by atoms with van der Waals surface area (Å²) in [6, 6.07) is 27.8. The Bertz CT molecular complexity index is 4830. The number of nitrogens with one attached hydrogen (secondary N) is 9. The summed E-state index contributed by atoms with van der Waals surface area (Å²) < 4.78 is 0. The predicted octanol–water partition coefficient (Wildman–Crippen LogP) is 1.19. The average molecular weight is 1620 g/mol. The van der Waals surface area contributed by atoms with Crippen LogP contribution < -0.4 is 74.9 Å². The van der Waals surface area contributed by atoms with Crippen molar-refractivity contribution >= 4 is 82.9 Å². The van der Waals surface area contributed by atoms with E-state index in [4.69, 9.17) is 17.2 Å². The second-order valence-electron chi connectivity index (χ2n) is 26.9. The number of phenols is 12. The number of phenolic OH excluding ortho intramolecular Hbond substituents is 12. The molecule has 0 radical (unpaired) electrons. The molecule has 43 nitrogen and oxygen atoms in total. The summed E-state index contributed by atoms with van der Waals surface area (Å²) in [7, 11) is 20.2. The van der Waals surface area contributed by atoms with Crippen molar-refractivity contribution in [1.82, 2.24) is 72.4 Å². The molecule has 0 aromatic heterocycles. The minimum Gasteiger partial charge on any atom is -0.504 e. The first kappa shape index (κ1) is 89.5. The zero-order chi connectivity index (χ0) is 86.2. The summed E-state index contributed by atoms with van der Waals surface area (Å²) in [6.07, 6.45) is -1.23. The van der Waals surface area contributed by atoms with E-state index in [1.807, 2.05) is 127 Å². The van der Waals surface area contributed by atoms with Gasteiger partial charge in [-0.2, -0.15) is 0 Å². The highest BCUT2D eigenvalue weighted by Crippen LogP contribution is 2.33. The van der Waals surface area contributed by atoms with Crippen LogP contribution in [-0.4, -0.2) is 272 Å². The smallest absolute Gasteiger partial charge is 0.209 e. The summed E-state index contributed by atoms with van der Waals surface area (Å²) in [5.74, 6) is 5.27. The van der Waals surface area contributed by atoms with E-state index in [9.17, 15) is 61.3 Å². The molecule has 6 aromatic rings. The Kier molecular flexibility index (Phi) is 31.5. The van der Waals surface area contributed by atoms with E-state index in [1.165, 1.54) is 72.8 Å². The highest BCUT2D eigenvalue weighted by Gasteiger charge is 2.27. The zero-order valence-electron chi connectivity index (χ0n) is 67.8. The molecule has 43 heteroatoms. The van der Waals surface area contributed by atoms with E-state index >= 15 is 0 Å². The third kappa shape index (κ3) is 26.7. The molecule has 6 heterocycles. The van der Waals surface area contributed by atoms with Crippen molar-refractivity contribution in [3.63, 3.8) is 0 Å². The van der Waals surface area contributed by atoms with E-state index in [-0.39, 0.29) is 99.8 Å². The maximum atomic E-state index is 9.64. The van der Waals surface area contributed by atoms with E-state index in [1.54, 1.807) is 55.4 Å². The first-order chi connectivity index (χ1) is 55.3. The van der Waals surface area contributed by atoms with Gasteiger partial charge in [0, 0.05) is 114 Å². The fraction of sp³-hybridized carbons (Fsp3) is 0.351. The molecule has 117 heavy (non-hydrogen) atoms. The fourth-order valence-corrected chi connectivity index (χ4v) is 10.8. The molecule has 1 fully saturated rings. The number of rotatable bonds is 10. The topological polar surface area (TPSA) is 600 Å². The Morgan fingerprint density at radius 2 is 0.752 bits per heavy atom. The van der Waals surface area contributed by atoms with Crippen molar-refractivity contribution in [3.8, 4) is 69.0 Å². The molecule has 0 amide bonds. The van der Waals surface area contributed by atoms with Crippen molar-refractivity contribution in [3.05, 3.63) is 131 Å². The second-order valence-corrected chi connectivity index (χ2v) is 26.9. The van der Waals surface area contributed by atoms with Gasteiger partial charge >= 0.3 is 0 Å². The third-order valence-corrected chi connectivity index (χ3v) is 16.7. The second kappa shape index (κ2) is 41.2. The Hall–Kier alpha value is -14.7. The Labute approximate surface area is 676 Å². The zero-order valence-corrected chi connectivity index (χ0v) is 67.8. The van der Waals surface area contributed by atoms with Crippen LogP contribution in [0.4, 0.5) is 11.4 Å². The van der Waals surface area contributed by atoms with Crippen molar-refractivity contribution < 1.29 is 61.3 Å². The molecule has 1 saturated heterocycles. The van der Waals surface area contributed by atoms with Gasteiger partial charge in [0.05, 0.1) is 19.3 Å². The van der Waals surface area contributed by atoms with Crippen molar-refractivity contribution in [2.45, 2.75) is 97.9 Å². The number of hydrogen-bond acceptors (Lipinski definition) is 36. The van der Waals surface area contributed by atoms with E-state index in [0.717, 1.165) is 39.9 Å². The molecular formula is C74H107N31O12. The Morgan fingerprint density at radius 1 is 0.368 bits per heavy atom. The van der Waals surface area contributed by atoms with Gasteiger partial charge in [-0.1, -0.05) is 24.3 Å². The normalized spacial score (nSPS) is 19.6. The number of anilines is 2. The van der Waals surface area contributed by atoms with Gasteiger partial charge < -0.3 is 123 Å². The van der Waals surface area contributed by atoms with Gasteiger partial charge in [0.1, 0.15) is 24.7 Å². The van der Waals surface area contributed by atoms with E-state index in [2.05, 4.69) is 108 Å². The van der Waals surface area contributed by atoms with Crippen LogP contribution in [0.3, 0.4) is 0 Å². The maximum Gasteiger partial charge on any atom is 0.209 e. The molecule has 0 spiro atoms. The molecule has 6 unspecified atom stereocenters. The highest BCUT2D eigenvalue weighted by atomic mass is 16.3. The number of guanidine groups is 12. The maximum absolute atomic E-state index is 9.64. The summed E-state index contributed by atoms with van der Waals surface area (Å²) in [5.41, 5.74) is 21.6. The van der Waals surface area contributed by atoms with Gasteiger partial charge in [-0.05, 0) is 130 Å². The van der Waals surface area contributed by atoms with Crippen LogP contribution in [0.1, 0.15) is 56.9 Å². The van der Waals surface area contributed by atoms with Crippen molar-refractivity contribution in [2.75, 3.05) is 87.3 Å². The fourth-order valence-electron chi connectivity index (χ4n) is 10.8. The first-order valence-corrected chi connectivity index (χ1v) is 36.1. The lowest BCUT2D eigenvalue weighted by atomic mass is 10.2. The van der Waals surface area contributed by atoms with Gasteiger partial charge in [0.15, 0.2) is 105 Å². The molecule has 6 aromatic carbocycles. The number of nitrogens with zero attached hydrogens (tertiary/aromatic N) is 19. The van der Waals surface area contributed by atoms with Gasteiger partial charge in [-0.15, -0.1) is 0 Å². The van der Waals surface area contributed by atoms with Gasteiger partial charge in [0.2, 0.25) is 41.7 Å². The van der Waals surface area contributed by atoms with Crippen LogP contribution in [0.2, 0.25) is 0 Å². The van der Waals surface area contributed by atoms with E-state index < -0.39 is 6.29 Å². The number of benzene rings is 6. The molecule has 27 N–H and O–H groups in total. The lowest BCUT2D eigenvalue weighted by Gasteiger charge is -2.35. The van der Waals surface area contributed by atoms with Crippen LogP contribution in [0.5, 0.6) is 69.0 Å². The molecular weight excluding hydrogens is 1520 g/mol. The molecule has 0 bridgehead atoms. The molecule has 6 atom stereocenters. The predicted molar refractivity (Wildman–Crippen MR) is 454 cm³/mol. The summed E-state index contributed by atoms with van der Waals surface area (Å²) >= 11 is 0. The molecule has 0 aliphatic carbocycles. The van der Waals surface area contributed by atoms with Crippen LogP contribution in [-0.2, 0) is 26.2 Å². The molecule has 0 saturated carbocycles. The minimum atomic E-state index is -0.555. The SMILES string of the molecule is CC1N=C(N(C)C)N(C)C(N(C)c2ccc(O)c(O)c2)=N1.CC1N=C(N(C)C)NC(N(C)c2ccc(O)c(O)c2)=N1.CC1N=C(N)NC(=NCc2ccc(O)c(O)c2)N1.CC1N=C(N)NC(N(C)Cc2ccc(O)c(O)c2)=N1.CN=C1NC(=NCc2ccc(O)c(O)c2)NC(C)N1.CN=C1NC(N(C)Cc2ccc(O)c(O)c2)=NC(N)N1. The van der Waals surface area contributed by atoms with Crippen molar-refractivity contribution in [1.29, 1.82) is 0 Å². The Balaban J connectivity index is 0.000000194. The van der Waals surface area contributed by atoms with Crippen LogP contribution >= 0.6 is 0 Å². The highest BCUT2D eigenvalue weighted by molar-refractivity contribution is 6.09. The Morgan fingerprint density at radius 3 is 1.21 bits per heavy atom. The van der Waals surface area contributed by atoms with Crippen molar-refractivity contribution in [2.24, 2.45) is 77.1 Å².